The number of thioether (sulfide) groups is 2. The Bertz CT molecular complexity index is 508. The van der Waals surface area contributed by atoms with Gasteiger partial charge in [0.25, 0.3) is 5.91 Å². The molecule has 2 rings (SSSR count). The zero-order valence-corrected chi connectivity index (χ0v) is 13.6. The van der Waals surface area contributed by atoms with Gasteiger partial charge in [0.15, 0.2) is 0 Å². The highest BCUT2D eigenvalue weighted by molar-refractivity contribution is 8.26. The number of hydrogen-bond donors (Lipinski definition) is 0. The summed E-state index contributed by atoms with van der Waals surface area (Å²) in [6.45, 7) is 7.71. The maximum absolute atomic E-state index is 12.1. The molecule has 0 aliphatic carbocycles. The zero-order valence-electron chi connectivity index (χ0n) is 11.2. The number of amides is 1. The number of hydrogen-bond acceptors (Lipinski definition) is 5. The van der Waals surface area contributed by atoms with Crippen LogP contribution in [0.1, 0.15) is 20.8 Å². The molecule has 6 heteroatoms. The van der Waals surface area contributed by atoms with Gasteiger partial charge in [0.1, 0.15) is 4.32 Å². The minimum Gasteiger partial charge on any atom is -0.340 e. The van der Waals surface area contributed by atoms with Crippen molar-refractivity contribution in [2.75, 3.05) is 13.1 Å². The van der Waals surface area contributed by atoms with Gasteiger partial charge in [0.2, 0.25) is 0 Å². The minimum absolute atomic E-state index is 0.0186. The van der Waals surface area contributed by atoms with E-state index < -0.39 is 0 Å². The highest BCUT2D eigenvalue weighted by Crippen LogP contribution is 2.35. The van der Waals surface area contributed by atoms with Crippen LogP contribution in [0.3, 0.4) is 0 Å². The van der Waals surface area contributed by atoms with E-state index in [-0.39, 0.29) is 5.91 Å². The third kappa shape index (κ3) is 2.90. The highest BCUT2D eigenvalue weighted by atomic mass is 32.2. The van der Waals surface area contributed by atoms with Gasteiger partial charge in [-0.2, -0.15) is 0 Å². The van der Waals surface area contributed by atoms with E-state index in [2.05, 4.69) is 24.2 Å². The number of thiocarbonyl (C=S) groups is 1. The van der Waals surface area contributed by atoms with Gasteiger partial charge in [0.05, 0.1) is 9.93 Å². The number of rotatable bonds is 3. The molecule has 0 aromatic heterocycles. The Labute approximate surface area is 127 Å². The molecule has 0 atom stereocenters. The van der Waals surface area contributed by atoms with Crippen molar-refractivity contribution in [1.29, 1.82) is 0 Å². The number of allylic oxidation sites excluding steroid dienone is 3. The number of carbonyl (C=O) groups is 1. The highest BCUT2D eigenvalue weighted by Gasteiger charge is 2.30. The van der Waals surface area contributed by atoms with Crippen molar-refractivity contribution >= 4 is 46.0 Å². The second-order valence-corrected chi connectivity index (χ2v) is 6.64. The molecule has 102 valence electrons. The molecule has 2 heterocycles. The summed E-state index contributed by atoms with van der Waals surface area (Å²) < 4.78 is 0.651. The maximum atomic E-state index is 12.1. The molecule has 2 aliphatic rings. The molecule has 1 saturated heterocycles. The van der Waals surface area contributed by atoms with E-state index >= 15 is 0 Å². The molecule has 19 heavy (non-hydrogen) atoms. The fraction of sp³-hybridized carbons (Fsp3) is 0.385. The molecule has 0 spiro atoms. The van der Waals surface area contributed by atoms with E-state index in [1.165, 1.54) is 17.5 Å². The van der Waals surface area contributed by atoms with E-state index in [4.69, 9.17) is 12.2 Å². The van der Waals surface area contributed by atoms with Gasteiger partial charge >= 0.3 is 0 Å². The molecular weight excluding hydrogens is 296 g/mol. The van der Waals surface area contributed by atoms with Crippen LogP contribution in [0.4, 0.5) is 0 Å². The summed E-state index contributed by atoms with van der Waals surface area (Å²) >= 11 is 8.26. The molecule has 0 N–H and O–H groups in total. The molecular formula is C13H16N2OS3. The standard InChI is InChI=1S/C13H16N2OS3/c1-4-14-9(3)8-18-11(14)7-6-10-12(16)15(5-2)13(17)19-10/h6-8H,4-5H2,1-3H3/b10-6-,11-7+. The maximum Gasteiger partial charge on any atom is 0.266 e. The predicted molar refractivity (Wildman–Crippen MR) is 87.5 cm³/mol. The lowest BCUT2D eigenvalue weighted by atomic mass is 10.4. The third-order valence-electron chi connectivity index (χ3n) is 2.93. The Morgan fingerprint density at radius 2 is 1.95 bits per heavy atom. The van der Waals surface area contributed by atoms with Crippen LogP contribution < -0.4 is 0 Å². The Hall–Kier alpha value is -0.720. The lowest BCUT2D eigenvalue weighted by Crippen LogP contribution is -2.27. The van der Waals surface area contributed by atoms with Crippen LogP contribution in [0.15, 0.2) is 33.2 Å². The molecule has 0 aromatic rings. The van der Waals surface area contributed by atoms with E-state index in [0.29, 0.717) is 15.8 Å². The minimum atomic E-state index is 0.0186. The molecule has 0 bridgehead atoms. The van der Waals surface area contributed by atoms with Gasteiger partial charge in [-0.25, -0.2) is 0 Å². The number of carbonyl (C=O) groups excluding carboxylic acids is 1. The van der Waals surface area contributed by atoms with Crippen LogP contribution in [0.25, 0.3) is 0 Å². The summed E-state index contributed by atoms with van der Waals surface area (Å²) in [6.07, 6.45) is 3.88. The van der Waals surface area contributed by atoms with Crippen molar-refractivity contribution < 1.29 is 4.79 Å². The topological polar surface area (TPSA) is 23.6 Å². The first kappa shape index (κ1) is 14.7. The average Bonchev–Trinajstić information content (AvgIpc) is 2.87. The average molecular weight is 312 g/mol. The van der Waals surface area contributed by atoms with Crippen molar-refractivity contribution in [1.82, 2.24) is 9.80 Å². The lowest BCUT2D eigenvalue weighted by molar-refractivity contribution is -0.122. The third-order valence-corrected chi connectivity index (χ3v) is 5.38. The normalized spacial score (nSPS) is 24.1. The van der Waals surface area contributed by atoms with Crippen LogP contribution in [-0.2, 0) is 4.79 Å². The van der Waals surface area contributed by atoms with E-state index in [9.17, 15) is 4.79 Å². The first-order valence-corrected chi connectivity index (χ1v) is 8.25. The number of likely N-dealkylation sites (N-methyl/N-ethyl adjacent to an activating group) is 1. The van der Waals surface area contributed by atoms with Crippen LogP contribution >= 0.6 is 35.7 Å². The smallest absolute Gasteiger partial charge is 0.266 e. The molecule has 1 fully saturated rings. The van der Waals surface area contributed by atoms with E-state index in [1.54, 1.807) is 16.7 Å². The lowest BCUT2D eigenvalue weighted by Gasteiger charge is -2.18. The van der Waals surface area contributed by atoms with Crippen molar-refractivity contribution in [2.45, 2.75) is 20.8 Å². The Morgan fingerprint density at radius 3 is 2.53 bits per heavy atom. The second kappa shape index (κ2) is 6.15. The first-order valence-electron chi connectivity index (χ1n) is 6.15. The fourth-order valence-corrected chi connectivity index (χ4v) is 4.21. The van der Waals surface area contributed by atoms with E-state index in [0.717, 1.165) is 11.6 Å². The fourth-order valence-electron chi connectivity index (χ4n) is 1.91. The van der Waals surface area contributed by atoms with Crippen LogP contribution in [0.5, 0.6) is 0 Å². The summed E-state index contributed by atoms with van der Waals surface area (Å²) in [7, 11) is 0. The summed E-state index contributed by atoms with van der Waals surface area (Å²) in [5.41, 5.74) is 1.24. The van der Waals surface area contributed by atoms with Gasteiger partial charge in [-0.1, -0.05) is 35.7 Å². The Kier molecular flexibility index (Phi) is 4.76. The largest absolute Gasteiger partial charge is 0.340 e. The van der Waals surface area contributed by atoms with Crippen molar-refractivity contribution in [3.05, 3.63) is 33.2 Å². The SMILES string of the molecule is CCN1C(=O)/C(=C/C=C2/SC=C(C)N2CC)SC1=S. The van der Waals surface area contributed by atoms with Gasteiger partial charge in [0, 0.05) is 18.8 Å². The first-order chi connectivity index (χ1) is 9.08. The van der Waals surface area contributed by atoms with Crippen LogP contribution in [-0.4, -0.2) is 33.1 Å². The Balaban J connectivity index is 2.16. The van der Waals surface area contributed by atoms with Gasteiger partial charge < -0.3 is 4.90 Å². The summed E-state index contributed by atoms with van der Waals surface area (Å²) in [6, 6.07) is 0. The zero-order chi connectivity index (χ0) is 14.0. The van der Waals surface area contributed by atoms with Crippen LogP contribution in [0.2, 0.25) is 0 Å². The van der Waals surface area contributed by atoms with Crippen molar-refractivity contribution in [2.24, 2.45) is 0 Å². The van der Waals surface area contributed by atoms with Crippen LogP contribution in [0, 0.1) is 0 Å². The van der Waals surface area contributed by atoms with Crippen molar-refractivity contribution in [3.8, 4) is 0 Å². The molecule has 2 aliphatic heterocycles. The monoisotopic (exact) mass is 312 g/mol. The second-order valence-electron chi connectivity index (χ2n) is 4.07. The number of nitrogens with zero attached hydrogens (tertiary/aromatic N) is 2. The summed E-state index contributed by atoms with van der Waals surface area (Å²) in [4.78, 5) is 16.6. The molecule has 3 nitrogen and oxygen atoms in total. The molecule has 0 unspecified atom stereocenters. The quantitative estimate of drug-likeness (QED) is 0.586. The summed E-state index contributed by atoms with van der Waals surface area (Å²) in [5, 5.41) is 3.28. The van der Waals surface area contributed by atoms with Crippen molar-refractivity contribution in [3.63, 3.8) is 0 Å². The molecule has 0 aromatic carbocycles. The summed E-state index contributed by atoms with van der Waals surface area (Å²) in [5.74, 6) is 0.0186. The van der Waals surface area contributed by atoms with Gasteiger partial charge in [-0.15, -0.1) is 0 Å². The molecule has 1 amide bonds. The van der Waals surface area contributed by atoms with E-state index in [1.807, 2.05) is 19.1 Å². The van der Waals surface area contributed by atoms with Gasteiger partial charge in [-0.05, 0) is 38.3 Å². The molecule has 0 radical (unpaired) electrons. The Morgan fingerprint density at radius 1 is 1.26 bits per heavy atom. The van der Waals surface area contributed by atoms with Gasteiger partial charge in [-0.3, -0.25) is 9.69 Å². The molecule has 0 saturated carbocycles. The predicted octanol–water partition coefficient (Wildman–Crippen LogP) is 3.52.